The van der Waals surface area contributed by atoms with Gasteiger partial charge in [-0.25, -0.2) is 0 Å². The minimum absolute atomic E-state index is 0.0763. The molecule has 2 atom stereocenters. The van der Waals surface area contributed by atoms with Crippen LogP contribution in [-0.2, 0) is 4.79 Å². The van der Waals surface area contributed by atoms with Crippen LogP contribution in [0.2, 0.25) is 0 Å². The molecule has 1 saturated heterocycles. The normalized spacial score (nSPS) is 21.2. The number of amides is 1. The summed E-state index contributed by atoms with van der Waals surface area (Å²) in [6.07, 6.45) is 4.13. The molecule has 1 amide bonds. The minimum atomic E-state index is -0.340. The number of aromatic nitrogens is 2. The predicted molar refractivity (Wildman–Crippen MR) is 111 cm³/mol. The summed E-state index contributed by atoms with van der Waals surface area (Å²) in [7, 11) is 0. The van der Waals surface area contributed by atoms with Crippen molar-refractivity contribution in [1.82, 2.24) is 15.1 Å². The summed E-state index contributed by atoms with van der Waals surface area (Å²) in [5.41, 5.74) is 4.92. The van der Waals surface area contributed by atoms with Gasteiger partial charge in [-0.3, -0.25) is 14.7 Å². The quantitative estimate of drug-likeness (QED) is 0.736. The number of hydrogen-bond donors (Lipinski definition) is 1. The summed E-state index contributed by atoms with van der Waals surface area (Å²) in [4.78, 5) is 27.6. The van der Waals surface area contributed by atoms with Gasteiger partial charge in [0.15, 0.2) is 5.78 Å². The number of rotatable bonds is 3. The van der Waals surface area contributed by atoms with E-state index in [0.717, 1.165) is 41.8 Å². The van der Waals surface area contributed by atoms with E-state index in [0.29, 0.717) is 18.5 Å². The second kappa shape index (κ2) is 7.32. The van der Waals surface area contributed by atoms with Crippen molar-refractivity contribution in [1.29, 1.82) is 0 Å². The molecule has 0 unspecified atom stereocenters. The Morgan fingerprint density at radius 2 is 1.83 bits per heavy atom. The third-order valence-electron chi connectivity index (χ3n) is 6.22. The lowest BCUT2D eigenvalue weighted by atomic mass is 9.89. The topological polar surface area (TPSA) is 66.1 Å². The fourth-order valence-electron chi connectivity index (χ4n) is 4.77. The van der Waals surface area contributed by atoms with E-state index in [9.17, 15) is 9.59 Å². The highest BCUT2D eigenvalue weighted by molar-refractivity contribution is 6.06. The van der Waals surface area contributed by atoms with E-state index in [4.69, 9.17) is 0 Å². The molecule has 2 heterocycles. The van der Waals surface area contributed by atoms with Gasteiger partial charge in [0, 0.05) is 42.2 Å². The number of carbonyl (C=O) groups is 2. The van der Waals surface area contributed by atoms with Crippen LogP contribution in [0.4, 0.5) is 0 Å². The van der Waals surface area contributed by atoms with Crippen molar-refractivity contribution in [2.45, 2.75) is 31.1 Å². The van der Waals surface area contributed by atoms with Gasteiger partial charge in [-0.05, 0) is 24.0 Å². The van der Waals surface area contributed by atoms with Gasteiger partial charge >= 0.3 is 0 Å². The highest BCUT2D eigenvalue weighted by atomic mass is 16.2. The summed E-state index contributed by atoms with van der Waals surface area (Å²) in [6, 6.07) is 17.8. The predicted octanol–water partition coefficient (Wildman–Crippen LogP) is 4.15. The Kier molecular flexibility index (Phi) is 4.51. The van der Waals surface area contributed by atoms with E-state index in [1.807, 2.05) is 53.6 Å². The molecular weight excluding hydrogens is 362 g/mol. The SMILES string of the molecule is O=C1C[C@@H](C(=O)N2CCC[C@@H](c3[nH]ncc3-c3ccccc3)C2)c2ccccc21. The Morgan fingerprint density at radius 3 is 2.69 bits per heavy atom. The van der Waals surface area contributed by atoms with Crippen LogP contribution in [0, 0.1) is 0 Å². The lowest BCUT2D eigenvalue weighted by Crippen LogP contribution is -2.41. The van der Waals surface area contributed by atoms with Gasteiger partial charge in [-0.1, -0.05) is 54.6 Å². The molecule has 1 fully saturated rings. The van der Waals surface area contributed by atoms with Crippen molar-refractivity contribution in [3.8, 4) is 11.1 Å². The number of likely N-dealkylation sites (tertiary alicyclic amines) is 1. The van der Waals surface area contributed by atoms with E-state index >= 15 is 0 Å². The van der Waals surface area contributed by atoms with Gasteiger partial charge < -0.3 is 4.90 Å². The molecular formula is C24H23N3O2. The van der Waals surface area contributed by atoms with Gasteiger partial charge in [-0.15, -0.1) is 0 Å². The number of H-pyrrole nitrogens is 1. The van der Waals surface area contributed by atoms with Crippen molar-refractivity contribution in [3.05, 3.63) is 77.6 Å². The number of Topliss-reactive ketones (excluding diaryl/α,β-unsaturated/α-hetero) is 1. The van der Waals surface area contributed by atoms with Crippen molar-refractivity contribution in [2.24, 2.45) is 0 Å². The minimum Gasteiger partial charge on any atom is -0.341 e. The molecule has 0 radical (unpaired) electrons. The van der Waals surface area contributed by atoms with Crippen LogP contribution >= 0.6 is 0 Å². The standard InChI is InChI=1S/C24H23N3O2/c28-22-13-20(18-10-4-5-11-19(18)22)24(29)27-12-6-9-17(15-27)23-21(14-25-26-23)16-7-2-1-3-8-16/h1-5,7-8,10-11,14,17,20H,6,9,12-13,15H2,(H,25,26)/t17-,20-/m1/s1. The molecule has 1 aromatic heterocycles. The highest BCUT2D eigenvalue weighted by Gasteiger charge is 2.38. The number of benzene rings is 2. The largest absolute Gasteiger partial charge is 0.341 e. The number of hydrogen-bond acceptors (Lipinski definition) is 3. The van der Waals surface area contributed by atoms with E-state index in [2.05, 4.69) is 22.3 Å². The van der Waals surface area contributed by atoms with Crippen molar-refractivity contribution >= 4 is 11.7 Å². The maximum Gasteiger partial charge on any atom is 0.230 e. The smallest absolute Gasteiger partial charge is 0.230 e. The van der Waals surface area contributed by atoms with Gasteiger partial charge in [0.2, 0.25) is 5.91 Å². The Hall–Kier alpha value is -3.21. The molecule has 2 aromatic carbocycles. The van der Waals surface area contributed by atoms with Crippen LogP contribution in [0.25, 0.3) is 11.1 Å². The van der Waals surface area contributed by atoms with Crippen molar-refractivity contribution in [2.75, 3.05) is 13.1 Å². The molecule has 1 N–H and O–H groups in total. The first kappa shape index (κ1) is 17.9. The lowest BCUT2D eigenvalue weighted by molar-refractivity contribution is -0.133. The number of nitrogens with one attached hydrogen (secondary N) is 1. The van der Waals surface area contributed by atoms with Crippen molar-refractivity contribution < 1.29 is 9.59 Å². The Balaban J connectivity index is 1.38. The number of carbonyl (C=O) groups excluding carboxylic acids is 2. The van der Waals surface area contributed by atoms with Crippen LogP contribution < -0.4 is 0 Å². The van der Waals surface area contributed by atoms with Crippen molar-refractivity contribution in [3.63, 3.8) is 0 Å². The van der Waals surface area contributed by atoms with Gasteiger partial charge in [0.25, 0.3) is 0 Å². The summed E-state index contributed by atoms with van der Waals surface area (Å²) < 4.78 is 0. The van der Waals surface area contributed by atoms with Crippen LogP contribution in [0.5, 0.6) is 0 Å². The molecule has 2 aliphatic rings. The number of piperidine rings is 1. The molecule has 3 aromatic rings. The summed E-state index contributed by atoms with van der Waals surface area (Å²) >= 11 is 0. The molecule has 5 heteroatoms. The molecule has 0 saturated carbocycles. The Labute approximate surface area is 169 Å². The van der Waals surface area contributed by atoms with Crippen LogP contribution in [-0.4, -0.2) is 39.9 Å². The Morgan fingerprint density at radius 1 is 1.03 bits per heavy atom. The second-order valence-corrected chi connectivity index (χ2v) is 7.95. The first-order chi connectivity index (χ1) is 14.2. The van der Waals surface area contributed by atoms with Gasteiger partial charge in [0.1, 0.15) is 0 Å². The third kappa shape index (κ3) is 3.16. The van der Waals surface area contributed by atoms with E-state index < -0.39 is 0 Å². The zero-order valence-electron chi connectivity index (χ0n) is 16.2. The first-order valence-electron chi connectivity index (χ1n) is 10.2. The number of fused-ring (bicyclic) bond motifs is 1. The number of nitrogens with zero attached hydrogens (tertiary/aromatic N) is 2. The fraction of sp³-hybridized carbons (Fsp3) is 0.292. The average molecular weight is 385 g/mol. The molecule has 29 heavy (non-hydrogen) atoms. The molecule has 5 rings (SSSR count). The molecule has 0 spiro atoms. The number of ketones is 1. The van der Waals surface area contributed by atoms with E-state index in [1.54, 1.807) is 0 Å². The first-order valence-corrected chi connectivity index (χ1v) is 10.2. The maximum absolute atomic E-state index is 13.3. The molecule has 1 aliphatic heterocycles. The van der Waals surface area contributed by atoms with Gasteiger partial charge in [0.05, 0.1) is 12.1 Å². The third-order valence-corrected chi connectivity index (χ3v) is 6.22. The zero-order valence-corrected chi connectivity index (χ0v) is 16.2. The Bertz CT molecular complexity index is 1060. The fourth-order valence-corrected chi connectivity index (χ4v) is 4.77. The molecule has 146 valence electrons. The van der Waals surface area contributed by atoms with E-state index in [1.165, 1.54) is 0 Å². The molecule has 5 nitrogen and oxygen atoms in total. The molecule has 0 bridgehead atoms. The van der Waals surface area contributed by atoms with Crippen LogP contribution in [0.3, 0.4) is 0 Å². The van der Waals surface area contributed by atoms with Gasteiger partial charge in [-0.2, -0.15) is 5.10 Å². The monoisotopic (exact) mass is 385 g/mol. The lowest BCUT2D eigenvalue weighted by Gasteiger charge is -2.34. The van der Waals surface area contributed by atoms with Crippen LogP contribution in [0.1, 0.15) is 52.7 Å². The highest BCUT2D eigenvalue weighted by Crippen LogP contribution is 2.37. The average Bonchev–Trinajstić information content (AvgIpc) is 3.39. The van der Waals surface area contributed by atoms with E-state index in [-0.39, 0.29) is 23.5 Å². The zero-order chi connectivity index (χ0) is 19.8. The second-order valence-electron chi connectivity index (χ2n) is 7.95. The molecule has 1 aliphatic carbocycles. The summed E-state index contributed by atoms with van der Waals surface area (Å²) in [5.74, 6) is 0.0341. The number of aromatic amines is 1. The summed E-state index contributed by atoms with van der Waals surface area (Å²) in [6.45, 7) is 1.41. The van der Waals surface area contributed by atoms with Crippen LogP contribution in [0.15, 0.2) is 60.8 Å². The maximum atomic E-state index is 13.3. The summed E-state index contributed by atoms with van der Waals surface area (Å²) in [5, 5.41) is 7.47.